The van der Waals surface area contributed by atoms with Crippen molar-refractivity contribution < 1.29 is 14.3 Å². The monoisotopic (exact) mass is 460 g/mol. The Hall–Kier alpha value is -3.38. The van der Waals surface area contributed by atoms with Crippen LogP contribution >= 0.6 is 11.8 Å². The normalized spacial score (nSPS) is 11.8. The van der Waals surface area contributed by atoms with Crippen molar-refractivity contribution in [2.24, 2.45) is 0 Å². The van der Waals surface area contributed by atoms with Gasteiger partial charge in [-0.05, 0) is 36.2 Å². The van der Waals surface area contributed by atoms with Gasteiger partial charge in [0, 0.05) is 40.0 Å². The molecule has 0 aliphatic rings. The molecule has 5 nitrogen and oxygen atoms in total. The second-order valence-electron chi connectivity index (χ2n) is 7.78. The summed E-state index contributed by atoms with van der Waals surface area (Å²) in [6.07, 6.45) is 2.02. The summed E-state index contributed by atoms with van der Waals surface area (Å²) in [6, 6.07) is 22.1. The van der Waals surface area contributed by atoms with E-state index in [4.69, 9.17) is 9.47 Å². The molecule has 6 heteroatoms. The molecular weight excluding hydrogens is 432 g/mol. The zero-order valence-corrected chi connectivity index (χ0v) is 19.9. The number of fused-ring (bicyclic) bond motifs is 1. The van der Waals surface area contributed by atoms with E-state index < -0.39 is 0 Å². The molecule has 170 valence electrons. The molecular formula is C27H28N2O3S. The van der Waals surface area contributed by atoms with Gasteiger partial charge in [0.1, 0.15) is 0 Å². The van der Waals surface area contributed by atoms with Crippen molar-refractivity contribution in [2.75, 3.05) is 26.5 Å². The number of aromatic nitrogens is 1. The number of carbonyl (C=O) groups excluding carboxylic acids is 1. The maximum absolute atomic E-state index is 12.8. The van der Waals surface area contributed by atoms with Crippen LogP contribution in [0, 0.1) is 6.92 Å². The van der Waals surface area contributed by atoms with E-state index in [-0.39, 0.29) is 11.8 Å². The molecule has 0 saturated carbocycles. The topological polar surface area (TPSA) is 63.3 Å². The Bertz CT molecular complexity index is 1250. The van der Waals surface area contributed by atoms with Crippen molar-refractivity contribution in [3.05, 3.63) is 89.6 Å². The summed E-state index contributed by atoms with van der Waals surface area (Å²) in [6.45, 7) is 2.50. The van der Waals surface area contributed by atoms with Gasteiger partial charge in [0.25, 0.3) is 0 Å². The van der Waals surface area contributed by atoms with Crippen LogP contribution in [-0.4, -0.2) is 37.4 Å². The molecule has 0 bridgehead atoms. The Labute approximate surface area is 198 Å². The number of rotatable bonds is 9. The Kier molecular flexibility index (Phi) is 7.25. The molecule has 1 aromatic heterocycles. The van der Waals surface area contributed by atoms with Crippen LogP contribution in [0.5, 0.6) is 11.5 Å². The van der Waals surface area contributed by atoms with E-state index in [0.29, 0.717) is 23.8 Å². The lowest BCUT2D eigenvalue weighted by Crippen LogP contribution is -2.30. The molecule has 1 heterocycles. The number of aryl methyl sites for hydroxylation is 1. The second kappa shape index (κ2) is 10.5. The minimum absolute atomic E-state index is 0.00467. The third-order valence-corrected chi connectivity index (χ3v) is 6.94. The van der Waals surface area contributed by atoms with Gasteiger partial charge >= 0.3 is 0 Å². The molecule has 0 radical (unpaired) electrons. The fourth-order valence-corrected chi connectivity index (χ4v) is 4.94. The van der Waals surface area contributed by atoms with Gasteiger partial charge in [0.05, 0.1) is 20.0 Å². The number of amides is 1. The van der Waals surface area contributed by atoms with Crippen LogP contribution in [0.4, 0.5) is 0 Å². The lowest BCUT2D eigenvalue weighted by atomic mass is 9.90. The van der Waals surface area contributed by atoms with Gasteiger partial charge in [0.15, 0.2) is 11.5 Å². The van der Waals surface area contributed by atoms with E-state index in [2.05, 4.69) is 35.4 Å². The summed E-state index contributed by atoms with van der Waals surface area (Å²) in [7, 11) is 3.28. The first kappa shape index (κ1) is 22.8. The van der Waals surface area contributed by atoms with Crippen LogP contribution in [0.3, 0.4) is 0 Å². The number of benzene rings is 3. The van der Waals surface area contributed by atoms with Gasteiger partial charge in [-0.2, -0.15) is 0 Å². The van der Waals surface area contributed by atoms with Gasteiger partial charge in [-0.15, -0.1) is 11.8 Å². The van der Waals surface area contributed by atoms with Crippen LogP contribution < -0.4 is 14.8 Å². The van der Waals surface area contributed by atoms with Crippen LogP contribution in [0.25, 0.3) is 10.9 Å². The Morgan fingerprint density at radius 1 is 0.970 bits per heavy atom. The molecule has 2 N–H and O–H groups in total. The Morgan fingerprint density at radius 2 is 1.76 bits per heavy atom. The first-order chi connectivity index (χ1) is 16.1. The van der Waals surface area contributed by atoms with Crippen LogP contribution in [-0.2, 0) is 4.79 Å². The average molecular weight is 461 g/mol. The number of methoxy groups -OCH3 is 2. The van der Waals surface area contributed by atoms with Crippen molar-refractivity contribution in [1.82, 2.24) is 10.3 Å². The number of thioether (sulfide) groups is 1. The molecule has 3 aromatic carbocycles. The van der Waals surface area contributed by atoms with Crippen molar-refractivity contribution in [1.29, 1.82) is 0 Å². The van der Waals surface area contributed by atoms with E-state index in [9.17, 15) is 4.79 Å². The minimum Gasteiger partial charge on any atom is -0.493 e. The zero-order valence-electron chi connectivity index (χ0n) is 19.1. The maximum atomic E-state index is 12.8. The first-order valence-corrected chi connectivity index (χ1v) is 11.8. The van der Waals surface area contributed by atoms with Crippen LogP contribution in [0.1, 0.15) is 22.6 Å². The summed E-state index contributed by atoms with van der Waals surface area (Å²) < 4.78 is 11.3. The summed E-state index contributed by atoms with van der Waals surface area (Å²) >= 11 is 1.55. The van der Waals surface area contributed by atoms with E-state index >= 15 is 0 Å². The largest absolute Gasteiger partial charge is 0.493 e. The average Bonchev–Trinajstić information content (AvgIpc) is 3.27. The van der Waals surface area contributed by atoms with Crippen molar-refractivity contribution in [3.8, 4) is 11.5 Å². The first-order valence-electron chi connectivity index (χ1n) is 10.8. The standard InChI is InChI=1S/C27H28N2O3S/c1-18-9-4-7-14-25(18)33-17-26(30)29-16-22(20-11-8-13-24(31-2)27(20)32-3)21-15-28-23-12-6-5-10-19(21)23/h4-15,22,28H,16-17H2,1-3H3,(H,29,30). The highest BCUT2D eigenvalue weighted by Gasteiger charge is 2.24. The summed E-state index contributed by atoms with van der Waals surface area (Å²) in [4.78, 5) is 17.3. The van der Waals surface area contributed by atoms with Crippen molar-refractivity contribution >= 4 is 28.6 Å². The van der Waals surface area contributed by atoms with E-state index in [1.54, 1.807) is 26.0 Å². The molecule has 4 rings (SSSR count). The Balaban J connectivity index is 1.60. The lowest BCUT2D eigenvalue weighted by molar-refractivity contribution is -0.118. The van der Waals surface area contributed by atoms with E-state index in [1.807, 2.05) is 54.7 Å². The number of ether oxygens (including phenoxy) is 2. The number of hydrogen-bond donors (Lipinski definition) is 2. The number of nitrogens with one attached hydrogen (secondary N) is 2. The highest BCUT2D eigenvalue weighted by Crippen LogP contribution is 2.40. The fourth-order valence-electron chi connectivity index (χ4n) is 4.08. The SMILES string of the molecule is COc1cccc(C(CNC(=O)CSc2ccccc2C)c2c[nH]c3ccccc23)c1OC. The van der Waals surface area contributed by atoms with Gasteiger partial charge in [-0.3, -0.25) is 4.79 Å². The van der Waals surface area contributed by atoms with Gasteiger partial charge in [-0.1, -0.05) is 48.5 Å². The van der Waals surface area contributed by atoms with Crippen molar-refractivity contribution in [3.63, 3.8) is 0 Å². The second-order valence-corrected chi connectivity index (χ2v) is 8.80. The maximum Gasteiger partial charge on any atom is 0.230 e. The predicted molar refractivity (Wildman–Crippen MR) is 135 cm³/mol. The summed E-state index contributed by atoms with van der Waals surface area (Å²) in [5.74, 6) is 1.59. The third kappa shape index (κ3) is 5.01. The highest BCUT2D eigenvalue weighted by molar-refractivity contribution is 8.00. The van der Waals surface area contributed by atoms with Gasteiger partial charge in [0.2, 0.25) is 5.91 Å². The molecule has 33 heavy (non-hydrogen) atoms. The molecule has 4 aromatic rings. The molecule has 1 atom stereocenters. The van der Waals surface area contributed by atoms with Crippen molar-refractivity contribution in [2.45, 2.75) is 17.7 Å². The number of aromatic amines is 1. The quantitative estimate of drug-likeness (QED) is 0.322. The number of H-pyrrole nitrogens is 1. The molecule has 0 fully saturated rings. The fraction of sp³-hybridized carbons (Fsp3) is 0.222. The number of hydrogen-bond acceptors (Lipinski definition) is 4. The number of para-hydroxylation sites is 2. The molecule has 0 aliphatic carbocycles. The van der Waals surface area contributed by atoms with Gasteiger partial charge < -0.3 is 19.8 Å². The molecule has 0 spiro atoms. The third-order valence-electron chi connectivity index (χ3n) is 5.76. The van der Waals surface area contributed by atoms with E-state index in [0.717, 1.165) is 26.9 Å². The van der Waals surface area contributed by atoms with E-state index in [1.165, 1.54) is 5.56 Å². The summed E-state index contributed by atoms with van der Waals surface area (Å²) in [5, 5.41) is 4.26. The lowest BCUT2D eigenvalue weighted by Gasteiger charge is -2.22. The number of carbonyl (C=O) groups is 1. The minimum atomic E-state index is -0.112. The Morgan fingerprint density at radius 3 is 2.55 bits per heavy atom. The zero-order chi connectivity index (χ0) is 23.2. The molecule has 1 unspecified atom stereocenters. The molecule has 0 saturated heterocycles. The highest BCUT2D eigenvalue weighted by atomic mass is 32.2. The smallest absolute Gasteiger partial charge is 0.230 e. The van der Waals surface area contributed by atoms with Crippen LogP contribution in [0.2, 0.25) is 0 Å². The predicted octanol–water partition coefficient (Wildman–Crippen LogP) is 5.53. The molecule has 0 aliphatic heterocycles. The van der Waals surface area contributed by atoms with Crippen LogP contribution in [0.15, 0.2) is 77.8 Å². The molecule has 1 amide bonds. The van der Waals surface area contributed by atoms with Gasteiger partial charge in [-0.25, -0.2) is 0 Å². The summed E-state index contributed by atoms with van der Waals surface area (Å²) in [5.41, 5.74) is 4.30.